The minimum atomic E-state index is -0.340. The van der Waals surface area contributed by atoms with E-state index in [0.29, 0.717) is 34.6 Å². The summed E-state index contributed by atoms with van der Waals surface area (Å²) in [6, 6.07) is 37.0. The van der Waals surface area contributed by atoms with E-state index < -0.39 is 0 Å². The molecule has 338 valence electrons. The quantitative estimate of drug-likeness (QED) is 0.0565. The van der Waals surface area contributed by atoms with Gasteiger partial charge in [-0.05, 0) is 133 Å². The SMILES string of the molecule is CCCCc1ccc(C(=CC=CC(=C2C=CC(=[N+](CC)c3ccc4c(=O)[nH][nH]c(=O)c4c3)C=C2)c2ccc(CCCC)cc2)c2ccc(N(CC)c3ccc4c(=O)[nH][nH]c(=O)c4c3)cc2)cc1. The van der Waals surface area contributed by atoms with Crippen molar-refractivity contribution in [1.29, 1.82) is 0 Å². The van der Waals surface area contributed by atoms with Gasteiger partial charge in [-0.1, -0.05) is 106 Å². The van der Waals surface area contributed by atoms with Crippen LogP contribution in [0.4, 0.5) is 17.1 Å². The molecular formula is C57H57N6O4+. The van der Waals surface area contributed by atoms with Crippen LogP contribution in [-0.4, -0.2) is 43.8 Å². The Morgan fingerprint density at radius 2 is 1.03 bits per heavy atom. The molecule has 0 spiro atoms. The second kappa shape index (κ2) is 21.0. The van der Waals surface area contributed by atoms with E-state index >= 15 is 0 Å². The van der Waals surface area contributed by atoms with E-state index in [1.807, 2.05) is 12.1 Å². The zero-order chi connectivity index (χ0) is 46.9. The first-order valence-electron chi connectivity index (χ1n) is 23.4. The van der Waals surface area contributed by atoms with E-state index in [1.165, 1.54) is 11.1 Å². The third-order valence-electron chi connectivity index (χ3n) is 12.5. The van der Waals surface area contributed by atoms with Crippen molar-refractivity contribution in [1.82, 2.24) is 20.4 Å². The fourth-order valence-electron chi connectivity index (χ4n) is 8.76. The molecule has 67 heavy (non-hydrogen) atoms. The molecular weight excluding hydrogens is 833 g/mol. The number of aryl methyl sites for hydroxylation is 2. The maximum Gasteiger partial charge on any atom is 0.270 e. The van der Waals surface area contributed by atoms with Gasteiger partial charge in [0.25, 0.3) is 22.2 Å². The summed E-state index contributed by atoms with van der Waals surface area (Å²) >= 11 is 0. The van der Waals surface area contributed by atoms with Crippen LogP contribution in [0.2, 0.25) is 0 Å². The maximum atomic E-state index is 12.7. The molecule has 0 saturated heterocycles. The van der Waals surface area contributed by atoms with Crippen molar-refractivity contribution in [2.24, 2.45) is 0 Å². The first-order chi connectivity index (χ1) is 32.7. The lowest BCUT2D eigenvalue weighted by Gasteiger charge is -2.24. The number of aromatic nitrogens is 4. The zero-order valence-corrected chi connectivity index (χ0v) is 38.6. The van der Waals surface area contributed by atoms with Gasteiger partial charge in [-0.3, -0.25) is 39.6 Å². The van der Waals surface area contributed by atoms with Gasteiger partial charge in [-0.25, -0.2) is 0 Å². The minimum Gasteiger partial charge on any atom is -0.342 e. The summed E-state index contributed by atoms with van der Waals surface area (Å²) < 4.78 is 2.13. The van der Waals surface area contributed by atoms with Gasteiger partial charge < -0.3 is 4.90 Å². The van der Waals surface area contributed by atoms with Gasteiger partial charge >= 0.3 is 0 Å². The number of unbranched alkanes of at least 4 members (excludes halogenated alkanes) is 2. The molecule has 0 amide bonds. The normalized spacial score (nSPS) is 12.7. The fraction of sp³-hybridized carbons (Fsp3) is 0.211. The number of hydrogen-bond donors (Lipinski definition) is 4. The van der Waals surface area contributed by atoms with Gasteiger partial charge in [0.15, 0.2) is 0 Å². The molecule has 1 aliphatic carbocycles. The second-order valence-electron chi connectivity index (χ2n) is 16.8. The molecule has 10 heteroatoms. The molecule has 0 radical (unpaired) electrons. The van der Waals surface area contributed by atoms with Crippen LogP contribution in [0.25, 0.3) is 32.7 Å². The summed E-state index contributed by atoms with van der Waals surface area (Å²) in [4.78, 5) is 52.3. The largest absolute Gasteiger partial charge is 0.342 e. The van der Waals surface area contributed by atoms with Crippen molar-refractivity contribution in [3.05, 3.63) is 227 Å². The Kier molecular flexibility index (Phi) is 14.3. The van der Waals surface area contributed by atoms with Gasteiger partial charge in [0.2, 0.25) is 11.4 Å². The molecule has 7 aromatic rings. The van der Waals surface area contributed by atoms with Crippen molar-refractivity contribution >= 4 is 55.5 Å². The van der Waals surface area contributed by atoms with Crippen molar-refractivity contribution in [2.75, 3.05) is 18.0 Å². The van der Waals surface area contributed by atoms with E-state index in [9.17, 15) is 19.2 Å². The van der Waals surface area contributed by atoms with Crippen LogP contribution < -0.4 is 27.1 Å². The van der Waals surface area contributed by atoms with Crippen LogP contribution in [-0.2, 0) is 12.8 Å². The number of fused-ring (bicyclic) bond motifs is 2. The Balaban J connectivity index is 1.17. The van der Waals surface area contributed by atoms with E-state index in [2.05, 4.69) is 173 Å². The van der Waals surface area contributed by atoms with Crippen molar-refractivity contribution in [2.45, 2.75) is 66.2 Å². The Morgan fingerprint density at radius 1 is 0.537 bits per heavy atom. The number of nitrogens with zero attached hydrogens (tertiary/aromatic N) is 2. The van der Waals surface area contributed by atoms with Gasteiger partial charge in [0.1, 0.15) is 6.54 Å². The third kappa shape index (κ3) is 10.2. The summed E-state index contributed by atoms with van der Waals surface area (Å²) in [5.74, 6) is 0. The predicted octanol–water partition coefficient (Wildman–Crippen LogP) is 11.0. The fourth-order valence-corrected chi connectivity index (χ4v) is 8.76. The van der Waals surface area contributed by atoms with Gasteiger partial charge in [0, 0.05) is 42.2 Å². The molecule has 0 bridgehead atoms. The highest BCUT2D eigenvalue weighted by Gasteiger charge is 2.18. The second-order valence-corrected chi connectivity index (χ2v) is 16.8. The Morgan fingerprint density at radius 3 is 1.57 bits per heavy atom. The number of anilines is 2. The summed E-state index contributed by atoms with van der Waals surface area (Å²) in [6.45, 7) is 9.86. The molecule has 0 aliphatic heterocycles. The lowest BCUT2D eigenvalue weighted by molar-refractivity contribution is -0.434. The van der Waals surface area contributed by atoms with Crippen LogP contribution in [0.5, 0.6) is 0 Å². The third-order valence-corrected chi connectivity index (χ3v) is 12.5. The van der Waals surface area contributed by atoms with E-state index in [0.717, 1.165) is 94.7 Å². The lowest BCUT2D eigenvalue weighted by atomic mass is 9.93. The Bertz CT molecular complexity index is 3340. The molecule has 8 rings (SSSR count). The zero-order valence-electron chi connectivity index (χ0n) is 38.6. The maximum absolute atomic E-state index is 12.7. The summed E-state index contributed by atoms with van der Waals surface area (Å²) in [7, 11) is 0. The minimum absolute atomic E-state index is 0.332. The molecule has 0 atom stereocenters. The number of benzene rings is 5. The van der Waals surface area contributed by atoms with E-state index in [1.54, 1.807) is 24.3 Å². The van der Waals surface area contributed by atoms with Gasteiger partial charge in [-0.2, -0.15) is 4.58 Å². The van der Waals surface area contributed by atoms with Crippen LogP contribution in [0, 0.1) is 0 Å². The van der Waals surface area contributed by atoms with Crippen LogP contribution in [0.3, 0.4) is 0 Å². The van der Waals surface area contributed by atoms with Crippen molar-refractivity contribution < 1.29 is 4.58 Å². The number of allylic oxidation sites excluding steroid dienone is 9. The monoisotopic (exact) mass is 889 g/mol. The number of nitrogens with one attached hydrogen (secondary N) is 4. The Hall–Kier alpha value is -7.85. The average molecular weight is 890 g/mol. The van der Waals surface area contributed by atoms with Crippen LogP contribution in [0.1, 0.15) is 81.2 Å². The molecule has 0 saturated carbocycles. The molecule has 1 aliphatic rings. The van der Waals surface area contributed by atoms with Crippen LogP contribution >= 0.6 is 0 Å². The Labute approximate surface area is 389 Å². The highest BCUT2D eigenvalue weighted by atomic mass is 16.2. The molecule has 4 N–H and O–H groups in total. The highest BCUT2D eigenvalue weighted by Crippen LogP contribution is 2.32. The molecule has 10 nitrogen and oxygen atoms in total. The highest BCUT2D eigenvalue weighted by molar-refractivity contribution is 6.04. The van der Waals surface area contributed by atoms with Gasteiger partial charge in [-0.15, -0.1) is 0 Å². The van der Waals surface area contributed by atoms with Crippen molar-refractivity contribution in [3.8, 4) is 0 Å². The molecule has 2 aromatic heterocycles. The molecule has 0 fully saturated rings. The molecule has 2 heterocycles. The molecule has 5 aromatic carbocycles. The summed E-state index contributed by atoms with van der Waals surface area (Å²) in [5.41, 5.74) is 11.3. The lowest BCUT2D eigenvalue weighted by Crippen LogP contribution is -2.20. The summed E-state index contributed by atoms with van der Waals surface area (Å²) in [6.07, 6.45) is 21.7. The average Bonchev–Trinajstić information content (AvgIpc) is 3.36. The van der Waals surface area contributed by atoms with E-state index in [4.69, 9.17) is 0 Å². The first kappa shape index (κ1) is 45.7. The predicted molar refractivity (Wildman–Crippen MR) is 276 cm³/mol. The summed E-state index contributed by atoms with van der Waals surface area (Å²) in [5, 5.41) is 11.1. The smallest absolute Gasteiger partial charge is 0.270 e. The standard InChI is InChI=1S/C57H56N6O4/c1-5-9-12-38-16-20-40(21-17-38)48(42-24-28-44(29-25-42)62(7-3)46-32-34-50-52(36-46)56(66)60-58-54(50)64)14-11-15-49(41-22-18-39(19-23-41)13-10-6-2)43-26-30-45(31-27-43)63(8-4)47-33-35-51-53(37-47)57(67)61-59-55(51)65/h11,14-37H,5-10,12-13H2,1-4H3,(H3-,58,59,60,61,64,65,66,67)/p+1. The van der Waals surface area contributed by atoms with Crippen LogP contribution in [0.15, 0.2) is 176 Å². The first-order valence-corrected chi connectivity index (χ1v) is 23.4. The number of hydrogen-bond acceptors (Lipinski definition) is 5. The van der Waals surface area contributed by atoms with Gasteiger partial charge in [0.05, 0.1) is 21.5 Å². The number of H-pyrrole nitrogens is 4. The van der Waals surface area contributed by atoms with E-state index in [-0.39, 0.29) is 22.2 Å². The van der Waals surface area contributed by atoms with Crippen molar-refractivity contribution in [3.63, 3.8) is 0 Å². The topological polar surface area (TPSA) is 138 Å². The molecule has 0 unspecified atom stereocenters. The number of aromatic amines is 4. The number of rotatable bonds is 16.